The summed E-state index contributed by atoms with van der Waals surface area (Å²) in [7, 11) is 0. The van der Waals surface area contributed by atoms with E-state index < -0.39 is 18.0 Å². The Bertz CT molecular complexity index is 810. The van der Waals surface area contributed by atoms with Gasteiger partial charge in [0.2, 0.25) is 0 Å². The van der Waals surface area contributed by atoms with E-state index in [0.29, 0.717) is 15.8 Å². The third kappa shape index (κ3) is 2.19. The Morgan fingerprint density at radius 1 is 1.32 bits per heavy atom. The van der Waals surface area contributed by atoms with Crippen LogP contribution in [-0.4, -0.2) is 22.2 Å². The van der Waals surface area contributed by atoms with Gasteiger partial charge in [0, 0.05) is 5.57 Å². The molecule has 8 heteroatoms. The zero-order valence-corrected chi connectivity index (χ0v) is 12.4. The maximum atomic E-state index is 12.7. The molecular weight excluding hydrogens is 317 g/mol. The number of thiazole rings is 1. The number of hydrogen-bond donors (Lipinski definition) is 1. The number of aliphatic hydroxyl groups is 1. The van der Waals surface area contributed by atoms with Crippen molar-refractivity contribution in [3.05, 3.63) is 34.9 Å². The van der Waals surface area contributed by atoms with Crippen molar-refractivity contribution in [2.75, 3.05) is 4.90 Å². The van der Waals surface area contributed by atoms with Gasteiger partial charge in [-0.1, -0.05) is 11.3 Å². The van der Waals surface area contributed by atoms with Crippen molar-refractivity contribution in [3.63, 3.8) is 0 Å². The molecule has 1 aromatic carbocycles. The first-order chi connectivity index (χ1) is 10.2. The van der Waals surface area contributed by atoms with Gasteiger partial charge in [-0.3, -0.25) is 9.69 Å². The number of carbonyl (C=O) groups excluding carboxylic acids is 1. The summed E-state index contributed by atoms with van der Waals surface area (Å²) < 4.78 is 38.7. The van der Waals surface area contributed by atoms with Crippen molar-refractivity contribution >= 4 is 32.6 Å². The van der Waals surface area contributed by atoms with Gasteiger partial charge in [-0.2, -0.15) is 13.2 Å². The van der Waals surface area contributed by atoms with Crippen LogP contribution in [0.15, 0.2) is 29.3 Å². The molecule has 1 aliphatic rings. The molecule has 0 saturated heterocycles. The molecule has 0 aliphatic carbocycles. The average Bonchev–Trinajstić information content (AvgIpc) is 2.93. The molecule has 22 heavy (non-hydrogen) atoms. The summed E-state index contributed by atoms with van der Waals surface area (Å²) in [5.74, 6) is -0.389. The number of rotatable bonds is 1. The number of fused-ring (bicyclic) bond motifs is 1. The van der Waals surface area contributed by atoms with Gasteiger partial charge in [-0.05, 0) is 37.6 Å². The van der Waals surface area contributed by atoms with Crippen molar-refractivity contribution in [2.24, 2.45) is 0 Å². The highest BCUT2D eigenvalue weighted by atomic mass is 32.1. The molecule has 1 N–H and O–H groups in total. The van der Waals surface area contributed by atoms with Crippen LogP contribution in [0.5, 0.6) is 0 Å². The number of hydrogen-bond acceptors (Lipinski definition) is 4. The van der Waals surface area contributed by atoms with Crippen molar-refractivity contribution in [1.82, 2.24) is 4.98 Å². The summed E-state index contributed by atoms with van der Waals surface area (Å²) in [5, 5.41) is 10.3. The first-order valence-corrected chi connectivity index (χ1v) is 7.18. The summed E-state index contributed by atoms with van der Waals surface area (Å²) in [5.41, 5.74) is 0.288. The lowest BCUT2D eigenvalue weighted by atomic mass is 10.2. The molecule has 0 radical (unpaired) electrons. The van der Waals surface area contributed by atoms with Crippen molar-refractivity contribution in [3.8, 4) is 0 Å². The van der Waals surface area contributed by atoms with E-state index in [4.69, 9.17) is 0 Å². The van der Waals surface area contributed by atoms with Gasteiger partial charge >= 0.3 is 6.18 Å². The van der Waals surface area contributed by atoms with E-state index in [2.05, 4.69) is 4.98 Å². The maximum Gasteiger partial charge on any atom is 0.416 e. The van der Waals surface area contributed by atoms with Gasteiger partial charge in [0.15, 0.2) is 11.4 Å². The van der Waals surface area contributed by atoms with E-state index in [1.807, 2.05) is 0 Å². The molecule has 1 aromatic heterocycles. The van der Waals surface area contributed by atoms with Gasteiger partial charge in [0.1, 0.15) is 0 Å². The fraction of sp³-hybridized carbons (Fsp3) is 0.286. The second-order valence-electron chi connectivity index (χ2n) is 5.03. The van der Waals surface area contributed by atoms with E-state index in [9.17, 15) is 23.1 Å². The van der Waals surface area contributed by atoms with Crippen LogP contribution in [-0.2, 0) is 11.0 Å². The quantitative estimate of drug-likeness (QED) is 0.874. The van der Waals surface area contributed by atoms with E-state index >= 15 is 0 Å². The maximum absolute atomic E-state index is 12.7. The Hall–Kier alpha value is -1.93. The topological polar surface area (TPSA) is 53.4 Å². The molecule has 0 fully saturated rings. The number of amides is 1. The average molecular weight is 328 g/mol. The van der Waals surface area contributed by atoms with Crippen LogP contribution in [0.2, 0.25) is 0 Å². The zero-order valence-electron chi connectivity index (χ0n) is 11.6. The highest BCUT2D eigenvalue weighted by Gasteiger charge is 2.37. The number of nitrogens with zero attached hydrogens (tertiary/aromatic N) is 2. The van der Waals surface area contributed by atoms with Crippen LogP contribution in [0, 0.1) is 0 Å². The van der Waals surface area contributed by atoms with Crippen molar-refractivity contribution < 1.29 is 23.1 Å². The van der Waals surface area contributed by atoms with Crippen LogP contribution in [0.1, 0.15) is 19.4 Å². The van der Waals surface area contributed by atoms with Crippen LogP contribution < -0.4 is 4.90 Å². The van der Waals surface area contributed by atoms with E-state index in [1.165, 1.54) is 6.07 Å². The predicted molar refractivity (Wildman–Crippen MR) is 76.5 cm³/mol. The Labute approximate surface area is 127 Å². The minimum Gasteiger partial charge on any atom is -0.369 e. The number of alkyl halides is 3. The van der Waals surface area contributed by atoms with Gasteiger partial charge in [-0.25, -0.2) is 4.98 Å². The van der Waals surface area contributed by atoms with Crippen molar-refractivity contribution in [2.45, 2.75) is 26.3 Å². The monoisotopic (exact) mass is 328 g/mol. The molecule has 2 heterocycles. The summed E-state index contributed by atoms with van der Waals surface area (Å²) in [6.07, 6.45) is -5.58. The number of aliphatic hydroxyl groups excluding tert-OH is 1. The van der Waals surface area contributed by atoms with E-state index in [0.717, 1.165) is 28.4 Å². The minimum absolute atomic E-state index is 0.150. The van der Waals surface area contributed by atoms with Gasteiger partial charge in [-0.15, -0.1) is 0 Å². The molecule has 1 unspecified atom stereocenters. The molecule has 0 spiro atoms. The molecule has 1 atom stereocenters. The highest BCUT2D eigenvalue weighted by molar-refractivity contribution is 7.22. The third-order valence-electron chi connectivity index (χ3n) is 3.67. The first kappa shape index (κ1) is 15.0. The summed E-state index contributed by atoms with van der Waals surface area (Å²) in [6.45, 7) is 3.23. The predicted octanol–water partition coefficient (Wildman–Crippen LogP) is 3.32. The fourth-order valence-corrected chi connectivity index (χ4v) is 3.20. The molecule has 116 valence electrons. The SMILES string of the molecule is CC1=C(C)C(O)N(c2nc3cc(C(F)(F)F)ccc3s2)C1=O. The third-order valence-corrected chi connectivity index (χ3v) is 4.71. The number of anilines is 1. The Morgan fingerprint density at radius 3 is 2.55 bits per heavy atom. The smallest absolute Gasteiger partial charge is 0.369 e. The second-order valence-corrected chi connectivity index (χ2v) is 6.04. The molecule has 3 rings (SSSR count). The van der Waals surface area contributed by atoms with Gasteiger partial charge in [0.05, 0.1) is 15.8 Å². The Morgan fingerprint density at radius 2 is 2.00 bits per heavy atom. The molecular formula is C14H11F3N2O2S. The molecule has 0 bridgehead atoms. The van der Waals surface area contributed by atoms with Crippen LogP contribution >= 0.6 is 11.3 Å². The van der Waals surface area contributed by atoms with Gasteiger partial charge < -0.3 is 5.11 Å². The first-order valence-electron chi connectivity index (χ1n) is 6.37. The largest absolute Gasteiger partial charge is 0.416 e. The van der Waals surface area contributed by atoms with Gasteiger partial charge in [0.25, 0.3) is 5.91 Å². The summed E-state index contributed by atoms with van der Waals surface area (Å²) >= 11 is 1.07. The van der Waals surface area contributed by atoms with Crippen LogP contribution in [0.3, 0.4) is 0 Å². The number of benzene rings is 1. The molecule has 0 saturated carbocycles. The Balaban J connectivity index is 2.05. The molecule has 4 nitrogen and oxygen atoms in total. The lowest BCUT2D eigenvalue weighted by Crippen LogP contribution is -2.35. The van der Waals surface area contributed by atoms with E-state index in [-0.39, 0.29) is 16.6 Å². The molecule has 1 amide bonds. The van der Waals surface area contributed by atoms with Crippen LogP contribution in [0.4, 0.5) is 18.3 Å². The lowest BCUT2D eigenvalue weighted by molar-refractivity contribution is -0.137. The fourth-order valence-electron chi connectivity index (χ4n) is 2.23. The molecule has 1 aliphatic heterocycles. The molecule has 2 aromatic rings. The second kappa shape index (κ2) is 4.79. The normalized spacial score (nSPS) is 19.6. The number of carbonyl (C=O) groups is 1. The highest BCUT2D eigenvalue weighted by Crippen LogP contribution is 2.37. The van der Waals surface area contributed by atoms with E-state index in [1.54, 1.807) is 13.8 Å². The summed E-state index contributed by atoms with van der Waals surface area (Å²) in [4.78, 5) is 17.3. The zero-order chi connectivity index (χ0) is 16.2. The minimum atomic E-state index is -4.45. The standard InChI is InChI=1S/C14H11F3N2O2S/c1-6-7(2)12(21)19(11(6)20)13-18-9-5-8(14(15,16)17)3-4-10(9)22-13/h3-5,11,20H,1-2H3. The lowest BCUT2D eigenvalue weighted by Gasteiger charge is -2.18. The number of halogens is 3. The number of aromatic nitrogens is 1. The Kier molecular flexibility index (Phi) is 3.26. The van der Waals surface area contributed by atoms with Crippen LogP contribution in [0.25, 0.3) is 10.2 Å². The van der Waals surface area contributed by atoms with Crippen molar-refractivity contribution in [1.29, 1.82) is 0 Å². The summed E-state index contributed by atoms with van der Waals surface area (Å²) in [6, 6.07) is 3.23.